The van der Waals surface area contributed by atoms with Crippen molar-refractivity contribution in [2.45, 2.75) is 57.3 Å². The van der Waals surface area contributed by atoms with E-state index in [0.717, 1.165) is 0 Å². The van der Waals surface area contributed by atoms with E-state index < -0.39 is 43.8 Å². The number of amides is 1. The molecular weight excluding hydrogens is 367 g/mol. The molecule has 3 heterocycles. The molecule has 0 bridgehead atoms. The molecular formula is C14H19N4O7P. The van der Waals surface area contributed by atoms with E-state index in [2.05, 4.69) is 10.0 Å². The van der Waals surface area contributed by atoms with Crippen LogP contribution in [0.5, 0.6) is 0 Å². The Bertz CT molecular complexity index is 750. The number of phosphoric ester groups is 1. The van der Waals surface area contributed by atoms with Gasteiger partial charge in [0, 0.05) is 11.1 Å². The first kappa shape index (κ1) is 19.0. The molecule has 3 aliphatic heterocycles. The van der Waals surface area contributed by atoms with E-state index in [1.807, 2.05) is 0 Å². The van der Waals surface area contributed by atoms with Crippen LogP contribution >= 0.6 is 7.82 Å². The van der Waals surface area contributed by atoms with Crippen molar-refractivity contribution in [2.75, 3.05) is 6.61 Å². The van der Waals surface area contributed by atoms with Gasteiger partial charge in [0.25, 0.3) is 0 Å². The predicted molar refractivity (Wildman–Crippen MR) is 86.5 cm³/mol. The molecule has 2 saturated heterocycles. The quantitative estimate of drug-likeness (QED) is 0.237. The smallest absolute Gasteiger partial charge is 0.349 e. The zero-order chi connectivity index (χ0) is 19.1. The monoisotopic (exact) mass is 386 g/mol. The standard InChI is InChI=1S/C14H19N4O7P/c1-8(2)24-26(21)22-7-10-12(25-26)14(3,16-17-15)13(23-10)18-5-4-9(19)6-11(18)20/h4-5,8,10,12-13H,6-7H2,1-3H3/t10-,12-,13-,14-,26?/m1/s1. The Morgan fingerprint density at radius 2 is 2.23 bits per heavy atom. The largest absolute Gasteiger partial charge is 0.475 e. The summed E-state index contributed by atoms with van der Waals surface area (Å²) in [6, 6.07) is 0. The van der Waals surface area contributed by atoms with E-state index in [9.17, 15) is 14.2 Å². The van der Waals surface area contributed by atoms with E-state index in [1.54, 1.807) is 13.8 Å². The summed E-state index contributed by atoms with van der Waals surface area (Å²) in [5, 5.41) is 3.78. The van der Waals surface area contributed by atoms with Crippen molar-refractivity contribution in [3.63, 3.8) is 0 Å². The van der Waals surface area contributed by atoms with Crippen molar-refractivity contribution in [1.29, 1.82) is 0 Å². The molecule has 0 aromatic rings. The van der Waals surface area contributed by atoms with Crippen molar-refractivity contribution in [3.8, 4) is 0 Å². The third-order valence-corrected chi connectivity index (χ3v) is 5.87. The minimum Gasteiger partial charge on any atom is -0.349 e. The number of azide groups is 1. The number of ether oxygens (including phenoxy) is 1. The lowest BCUT2D eigenvalue weighted by Crippen LogP contribution is -2.53. The molecule has 0 aromatic heterocycles. The lowest BCUT2D eigenvalue weighted by molar-refractivity contribution is -0.146. The van der Waals surface area contributed by atoms with Crippen molar-refractivity contribution >= 4 is 19.5 Å². The fraction of sp³-hybridized carbons (Fsp3) is 0.714. The fourth-order valence-corrected chi connectivity index (χ4v) is 4.79. The van der Waals surface area contributed by atoms with E-state index >= 15 is 0 Å². The molecule has 5 atom stereocenters. The highest BCUT2D eigenvalue weighted by Crippen LogP contribution is 2.59. The van der Waals surface area contributed by atoms with E-state index in [4.69, 9.17) is 23.8 Å². The van der Waals surface area contributed by atoms with Gasteiger partial charge in [-0.2, -0.15) is 0 Å². The molecule has 0 radical (unpaired) electrons. The number of ketones is 1. The van der Waals surface area contributed by atoms with Gasteiger partial charge in [0.15, 0.2) is 12.0 Å². The number of rotatable bonds is 4. The number of phosphoric acid groups is 1. The van der Waals surface area contributed by atoms with Gasteiger partial charge in [-0.15, -0.1) is 0 Å². The Morgan fingerprint density at radius 1 is 1.50 bits per heavy atom. The topological polar surface area (TPSA) is 140 Å². The van der Waals surface area contributed by atoms with Crippen LogP contribution in [0.2, 0.25) is 0 Å². The van der Waals surface area contributed by atoms with Crippen molar-refractivity contribution in [3.05, 3.63) is 22.7 Å². The molecule has 142 valence electrons. The SMILES string of the molecule is CC(C)OP1(=O)OC[C@H]2O[C@@H](N3C=CC(=O)CC3=O)[C@](C)(N=[N+]=[N-])[C@@H]2O1. The van der Waals surface area contributed by atoms with Gasteiger partial charge in [-0.3, -0.25) is 28.1 Å². The molecule has 1 unspecified atom stereocenters. The van der Waals surface area contributed by atoms with Crippen LogP contribution in [-0.4, -0.2) is 53.3 Å². The van der Waals surface area contributed by atoms with Crippen LogP contribution in [0.15, 0.2) is 17.4 Å². The van der Waals surface area contributed by atoms with Crippen LogP contribution in [0.4, 0.5) is 0 Å². The molecule has 0 saturated carbocycles. The molecule has 12 heteroatoms. The minimum absolute atomic E-state index is 0.119. The molecule has 26 heavy (non-hydrogen) atoms. The molecule has 3 aliphatic rings. The predicted octanol–water partition coefficient (Wildman–Crippen LogP) is 2.04. The van der Waals surface area contributed by atoms with Crippen LogP contribution < -0.4 is 0 Å². The first-order valence-electron chi connectivity index (χ1n) is 8.04. The summed E-state index contributed by atoms with van der Waals surface area (Å²) in [7, 11) is -3.87. The van der Waals surface area contributed by atoms with Crippen LogP contribution in [0.25, 0.3) is 10.4 Å². The third kappa shape index (κ3) is 3.29. The third-order valence-electron chi connectivity index (χ3n) is 4.24. The Hall–Kier alpha value is -1.74. The van der Waals surface area contributed by atoms with Crippen LogP contribution in [0.1, 0.15) is 27.2 Å². The maximum Gasteiger partial charge on any atom is 0.475 e. The highest BCUT2D eigenvalue weighted by atomic mass is 31.2. The maximum absolute atomic E-state index is 12.7. The number of hydrogen-bond acceptors (Lipinski definition) is 8. The normalized spacial score (nSPS) is 39.8. The summed E-state index contributed by atoms with van der Waals surface area (Å²) < 4.78 is 34.5. The number of hydrogen-bond donors (Lipinski definition) is 0. The summed E-state index contributed by atoms with van der Waals surface area (Å²) in [6.45, 7) is 4.76. The molecule has 3 rings (SSSR count). The molecule has 0 aromatic carbocycles. The summed E-state index contributed by atoms with van der Waals surface area (Å²) >= 11 is 0. The lowest BCUT2D eigenvalue weighted by atomic mass is 9.92. The first-order chi connectivity index (χ1) is 12.2. The summed E-state index contributed by atoms with van der Waals surface area (Å²) in [4.78, 5) is 27.7. The van der Waals surface area contributed by atoms with Gasteiger partial charge in [0.1, 0.15) is 17.7 Å². The molecule has 0 N–H and O–H groups in total. The van der Waals surface area contributed by atoms with Crippen molar-refractivity contribution < 1.29 is 32.5 Å². The number of nitrogens with zero attached hydrogens (tertiary/aromatic N) is 4. The fourth-order valence-electron chi connectivity index (χ4n) is 3.15. The zero-order valence-electron chi connectivity index (χ0n) is 14.5. The Morgan fingerprint density at radius 3 is 2.85 bits per heavy atom. The van der Waals surface area contributed by atoms with Gasteiger partial charge in [-0.05, 0) is 32.4 Å². The Kier molecular flexibility index (Phi) is 4.96. The van der Waals surface area contributed by atoms with Crippen LogP contribution in [0.3, 0.4) is 0 Å². The number of allylic oxidation sites excluding steroid dienone is 1. The lowest BCUT2D eigenvalue weighted by Gasteiger charge is -2.38. The van der Waals surface area contributed by atoms with Crippen molar-refractivity contribution in [1.82, 2.24) is 4.90 Å². The summed E-state index contributed by atoms with van der Waals surface area (Å²) in [5.74, 6) is -0.829. The molecule has 1 amide bonds. The van der Waals surface area contributed by atoms with E-state index in [-0.39, 0.29) is 18.8 Å². The molecule has 0 spiro atoms. The van der Waals surface area contributed by atoms with Crippen molar-refractivity contribution in [2.24, 2.45) is 5.11 Å². The van der Waals surface area contributed by atoms with Gasteiger partial charge >= 0.3 is 7.82 Å². The second-order valence-electron chi connectivity index (χ2n) is 6.63. The van der Waals surface area contributed by atoms with Gasteiger partial charge in [-0.1, -0.05) is 5.11 Å². The maximum atomic E-state index is 12.7. The summed E-state index contributed by atoms with van der Waals surface area (Å²) in [5.41, 5.74) is 7.62. The van der Waals surface area contributed by atoms with Gasteiger partial charge in [0.05, 0.1) is 19.1 Å². The highest BCUT2D eigenvalue weighted by molar-refractivity contribution is 7.48. The summed E-state index contributed by atoms with van der Waals surface area (Å²) in [6.07, 6.45) is -0.935. The van der Waals surface area contributed by atoms with Gasteiger partial charge in [-0.25, -0.2) is 4.57 Å². The number of fused-ring (bicyclic) bond motifs is 1. The van der Waals surface area contributed by atoms with Gasteiger partial charge < -0.3 is 4.74 Å². The second kappa shape index (κ2) is 6.77. The van der Waals surface area contributed by atoms with E-state index in [0.29, 0.717) is 0 Å². The number of carbonyl (C=O) groups is 2. The Labute approximate surface area is 149 Å². The minimum atomic E-state index is -3.87. The molecule has 2 fully saturated rings. The van der Waals surface area contributed by atoms with Crippen LogP contribution in [-0.2, 0) is 32.5 Å². The number of carbonyl (C=O) groups excluding carboxylic acids is 2. The van der Waals surface area contributed by atoms with Crippen LogP contribution in [0, 0.1) is 0 Å². The van der Waals surface area contributed by atoms with E-state index in [1.165, 1.54) is 24.1 Å². The molecule has 0 aliphatic carbocycles. The zero-order valence-corrected chi connectivity index (χ0v) is 15.4. The highest BCUT2D eigenvalue weighted by Gasteiger charge is 2.62. The second-order valence-corrected chi connectivity index (χ2v) is 8.20. The average Bonchev–Trinajstić information content (AvgIpc) is 2.79. The first-order valence-corrected chi connectivity index (χ1v) is 9.50. The van der Waals surface area contributed by atoms with Gasteiger partial charge in [0.2, 0.25) is 5.91 Å². The molecule has 11 nitrogen and oxygen atoms in total. The Balaban J connectivity index is 1.94. The average molecular weight is 386 g/mol.